The van der Waals surface area contributed by atoms with Gasteiger partial charge in [-0.3, -0.25) is 4.90 Å². The first kappa shape index (κ1) is 21.7. The van der Waals surface area contributed by atoms with Crippen molar-refractivity contribution in [1.82, 2.24) is 4.90 Å². The van der Waals surface area contributed by atoms with Crippen LogP contribution in [-0.2, 0) is 9.47 Å². The van der Waals surface area contributed by atoms with Gasteiger partial charge in [0.05, 0.1) is 20.3 Å². The highest BCUT2D eigenvalue weighted by Gasteiger charge is 2.28. The third kappa shape index (κ3) is 4.89. The first-order valence-corrected chi connectivity index (χ1v) is 11.2. The summed E-state index contributed by atoms with van der Waals surface area (Å²) in [6, 6.07) is 17.5. The highest BCUT2D eigenvalue weighted by atomic mass is 16.5. The Bertz CT molecular complexity index is 880. The molecule has 0 N–H and O–H groups in total. The van der Waals surface area contributed by atoms with Gasteiger partial charge in [-0.2, -0.15) is 0 Å². The normalized spacial score (nSPS) is 21.0. The molecule has 2 unspecified atom stereocenters. The highest BCUT2D eigenvalue weighted by molar-refractivity contribution is 5.74. The monoisotopic (exact) mass is 422 g/mol. The Morgan fingerprint density at radius 3 is 2.61 bits per heavy atom. The summed E-state index contributed by atoms with van der Waals surface area (Å²) in [5.41, 5.74) is 3.59. The molecule has 4 rings (SSSR count). The second-order valence-electron chi connectivity index (χ2n) is 8.38. The number of hydrogen-bond donors (Lipinski definition) is 0. The van der Waals surface area contributed by atoms with Gasteiger partial charge in [-0.25, -0.2) is 0 Å². The van der Waals surface area contributed by atoms with Gasteiger partial charge in [-0.15, -0.1) is 0 Å². The molecule has 0 spiro atoms. The maximum Gasteiger partial charge on any atom is 0.123 e. The second-order valence-corrected chi connectivity index (χ2v) is 8.38. The quantitative estimate of drug-likeness (QED) is 0.545. The molecule has 0 saturated carbocycles. The van der Waals surface area contributed by atoms with Crippen LogP contribution in [0.5, 0.6) is 5.75 Å². The Morgan fingerprint density at radius 2 is 1.84 bits per heavy atom. The average Bonchev–Trinajstić information content (AvgIpc) is 3.24. The van der Waals surface area contributed by atoms with Crippen molar-refractivity contribution in [3.63, 3.8) is 0 Å². The Kier molecular flexibility index (Phi) is 7.15. The zero-order valence-electron chi connectivity index (χ0n) is 18.9. The molecule has 2 aliphatic heterocycles. The molecule has 5 heteroatoms. The van der Waals surface area contributed by atoms with Gasteiger partial charge in [-0.1, -0.05) is 30.3 Å². The van der Waals surface area contributed by atoms with Crippen LogP contribution >= 0.6 is 0 Å². The second kappa shape index (κ2) is 10.2. The summed E-state index contributed by atoms with van der Waals surface area (Å²) in [7, 11) is 5.66. The van der Waals surface area contributed by atoms with Crippen LogP contribution in [0.3, 0.4) is 0 Å². The minimum Gasteiger partial charge on any atom is -0.499 e. The molecule has 1 fully saturated rings. The van der Waals surface area contributed by atoms with Crippen molar-refractivity contribution in [2.24, 2.45) is 0 Å². The Balaban J connectivity index is 1.34. The fourth-order valence-electron chi connectivity index (χ4n) is 4.83. The summed E-state index contributed by atoms with van der Waals surface area (Å²) in [5, 5.41) is 0. The number of rotatable bonds is 9. The largest absolute Gasteiger partial charge is 0.499 e. The van der Waals surface area contributed by atoms with E-state index in [-0.39, 0.29) is 6.04 Å². The van der Waals surface area contributed by atoms with E-state index in [1.807, 2.05) is 0 Å². The molecule has 2 aliphatic rings. The predicted molar refractivity (Wildman–Crippen MR) is 126 cm³/mol. The summed E-state index contributed by atoms with van der Waals surface area (Å²) in [4.78, 5) is 4.81. The number of methoxy groups -OCH3 is 2. The lowest BCUT2D eigenvalue weighted by atomic mass is 9.96. The Hall–Kier alpha value is -2.50. The molecule has 2 heterocycles. The molecule has 166 valence electrons. The zero-order chi connectivity index (χ0) is 21.6. The first-order valence-electron chi connectivity index (χ1n) is 11.2. The predicted octanol–water partition coefficient (Wildman–Crippen LogP) is 4.74. The van der Waals surface area contributed by atoms with Gasteiger partial charge in [0.15, 0.2) is 0 Å². The summed E-state index contributed by atoms with van der Waals surface area (Å²) in [6.07, 6.45) is 5.68. The number of anilines is 1. The van der Waals surface area contributed by atoms with E-state index in [2.05, 4.69) is 71.5 Å². The molecule has 0 bridgehead atoms. The number of nitrogens with zero attached hydrogens (tertiary/aromatic N) is 2. The lowest BCUT2D eigenvalue weighted by Crippen LogP contribution is -2.34. The molecule has 0 radical (unpaired) electrons. The van der Waals surface area contributed by atoms with Gasteiger partial charge >= 0.3 is 0 Å². The molecule has 31 heavy (non-hydrogen) atoms. The molecular weight excluding hydrogens is 388 g/mol. The molecule has 0 aliphatic carbocycles. The smallest absolute Gasteiger partial charge is 0.123 e. The van der Waals surface area contributed by atoms with Gasteiger partial charge in [0, 0.05) is 38.0 Å². The summed E-state index contributed by atoms with van der Waals surface area (Å²) < 4.78 is 17.1. The minimum atomic E-state index is 0.0573. The third-order valence-corrected chi connectivity index (χ3v) is 6.42. The summed E-state index contributed by atoms with van der Waals surface area (Å²) >= 11 is 0. The van der Waals surface area contributed by atoms with Gasteiger partial charge in [0.1, 0.15) is 17.6 Å². The van der Waals surface area contributed by atoms with E-state index < -0.39 is 0 Å². The molecular formula is C26H34N2O3. The third-order valence-electron chi connectivity index (χ3n) is 6.42. The van der Waals surface area contributed by atoms with E-state index in [0.717, 1.165) is 37.7 Å². The van der Waals surface area contributed by atoms with Crippen LogP contribution < -0.4 is 9.64 Å². The van der Waals surface area contributed by atoms with Gasteiger partial charge in [0.2, 0.25) is 0 Å². The molecule has 2 atom stereocenters. The Morgan fingerprint density at radius 1 is 1.03 bits per heavy atom. The number of para-hydroxylation sites is 1. The number of fused-ring (bicyclic) bond motifs is 1. The fraction of sp³-hybridized carbons (Fsp3) is 0.462. The Labute approximate surface area is 186 Å². The number of ether oxygens (including phenoxy) is 3. The maximum absolute atomic E-state index is 6.02. The SMILES string of the molecule is COCC1CCCN1CCCOc1ccc(C2C(OC)=Cc3ccccc3N2C)cc1. The fourth-order valence-corrected chi connectivity index (χ4v) is 4.83. The van der Waals surface area contributed by atoms with Gasteiger partial charge in [-0.05, 0) is 55.6 Å². The van der Waals surface area contributed by atoms with Crippen molar-refractivity contribution >= 4 is 11.8 Å². The number of likely N-dealkylation sites (tertiary alicyclic amines) is 1. The van der Waals surface area contributed by atoms with E-state index in [1.165, 1.54) is 36.2 Å². The highest BCUT2D eigenvalue weighted by Crippen LogP contribution is 2.40. The van der Waals surface area contributed by atoms with E-state index >= 15 is 0 Å². The van der Waals surface area contributed by atoms with E-state index in [9.17, 15) is 0 Å². The van der Waals surface area contributed by atoms with Crippen LogP contribution in [0, 0.1) is 0 Å². The van der Waals surface area contributed by atoms with Crippen LogP contribution in [0.4, 0.5) is 5.69 Å². The van der Waals surface area contributed by atoms with Gasteiger partial charge in [0.25, 0.3) is 0 Å². The van der Waals surface area contributed by atoms with Crippen molar-refractivity contribution in [3.05, 3.63) is 65.4 Å². The number of benzene rings is 2. The van der Waals surface area contributed by atoms with Crippen molar-refractivity contribution in [2.45, 2.75) is 31.3 Å². The van der Waals surface area contributed by atoms with E-state index in [1.54, 1.807) is 14.2 Å². The first-order chi connectivity index (χ1) is 15.2. The zero-order valence-corrected chi connectivity index (χ0v) is 18.9. The average molecular weight is 423 g/mol. The lowest BCUT2D eigenvalue weighted by Gasteiger charge is -2.36. The molecule has 0 amide bonds. The maximum atomic E-state index is 6.02. The standard InChI is InChI=1S/C26H34N2O3/c1-27-24-10-5-4-8-21(24)18-25(30-3)26(27)20-11-13-23(14-12-20)31-17-7-16-28-15-6-9-22(28)19-29-2/h4-5,8,10-14,18,22,26H,6-7,9,15-17,19H2,1-3H3. The summed E-state index contributed by atoms with van der Waals surface area (Å²) in [6.45, 7) is 3.81. The van der Waals surface area contributed by atoms with Crippen LogP contribution in [0.1, 0.15) is 36.4 Å². The van der Waals surface area contributed by atoms with Crippen molar-refractivity contribution < 1.29 is 14.2 Å². The van der Waals surface area contributed by atoms with Crippen LogP contribution in [-0.4, -0.2) is 58.5 Å². The van der Waals surface area contributed by atoms with Crippen LogP contribution in [0.25, 0.3) is 6.08 Å². The molecule has 2 aromatic carbocycles. The van der Waals surface area contributed by atoms with Crippen LogP contribution in [0.2, 0.25) is 0 Å². The number of likely N-dealkylation sites (N-methyl/N-ethyl adjacent to an activating group) is 1. The molecule has 5 nitrogen and oxygen atoms in total. The van der Waals surface area contributed by atoms with Crippen LogP contribution in [0.15, 0.2) is 54.3 Å². The van der Waals surface area contributed by atoms with E-state index in [4.69, 9.17) is 14.2 Å². The van der Waals surface area contributed by atoms with Crippen molar-refractivity contribution in [3.8, 4) is 5.75 Å². The lowest BCUT2D eigenvalue weighted by molar-refractivity contribution is 0.111. The van der Waals surface area contributed by atoms with E-state index in [0.29, 0.717) is 6.04 Å². The van der Waals surface area contributed by atoms with Crippen molar-refractivity contribution in [2.75, 3.05) is 52.5 Å². The molecule has 2 aromatic rings. The number of hydrogen-bond acceptors (Lipinski definition) is 5. The van der Waals surface area contributed by atoms with Crippen molar-refractivity contribution in [1.29, 1.82) is 0 Å². The topological polar surface area (TPSA) is 34.2 Å². The molecule has 0 aromatic heterocycles. The molecule has 1 saturated heterocycles. The minimum absolute atomic E-state index is 0.0573. The summed E-state index contributed by atoms with van der Waals surface area (Å²) in [5.74, 6) is 1.87. The van der Waals surface area contributed by atoms with Gasteiger partial charge < -0.3 is 19.1 Å².